The second-order valence-corrected chi connectivity index (χ2v) is 6.39. The highest BCUT2D eigenvalue weighted by molar-refractivity contribution is 5.81. The van der Waals surface area contributed by atoms with Crippen LogP contribution < -0.4 is 9.64 Å². The van der Waals surface area contributed by atoms with Crippen LogP contribution in [0.1, 0.15) is 18.1 Å². The van der Waals surface area contributed by atoms with Gasteiger partial charge in [0.1, 0.15) is 18.1 Å². The summed E-state index contributed by atoms with van der Waals surface area (Å²) in [6, 6.07) is 6.19. The number of hydrogen-bond donors (Lipinski definition) is 0. The van der Waals surface area contributed by atoms with E-state index < -0.39 is 0 Å². The Balaban J connectivity index is 1.89. The Morgan fingerprint density at radius 2 is 2.04 bits per heavy atom. The van der Waals surface area contributed by atoms with Crippen LogP contribution in [0.25, 0.3) is 5.57 Å². The Morgan fingerprint density at radius 3 is 2.70 bits per heavy atom. The Kier molecular flexibility index (Phi) is 6.19. The predicted octanol–water partition coefficient (Wildman–Crippen LogP) is 3.54. The van der Waals surface area contributed by atoms with E-state index in [-0.39, 0.29) is 0 Å². The fourth-order valence-electron chi connectivity index (χ4n) is 3.09. The van der Waals surface area contributed by atoms with Crippen LogP contribution in [0.4, 0.5) is 5.69 Å². The molecule has 6 nitrogen and oxygen atoms in total. The van der Waals surface area contributed by atoms with E-state index in [0.717, 1.165) is 34.9 Å². The molecule has 0 atom stereocenters. The molecule has 0 unspecified atom stereocenters. The van der Waals surface area contributed by atoms with E-state index in [0.29, 0.717) is 19.8 Å². The number of benzene rings is 1. The van der Waals surface area contributed by atoms with Crippen LogP contribution in [0.15, 0.2) is 48.6 Å². The maximum Gasteiger partial charge on any atom is 0.126 e. The van der Waals surface area contributed by atoms with Gasteiger partial charge in [-0.1, -0.05) is 0 Å². The quantitative estimate of drug-likeness (QED) is 0.666. The minimum Gasteiger partial charge on any atom is -0.494 e. The molecular weight excluding hydrogens is 342 g/mol. The van der Waals surface area contributed by atoms with Crippen molar-refractivity contribution in [3.63, 3.8) is 0 Å². The third-order valence-corrected chi connectivity index (χ3v) is 4.37. The maximum atomic E-state index is 5.95. The third-order valence-electron chi connectivity index (χ3n) is 4.37. The molecule has 1 aromatic carbocycles. The zero-order chi connectivity index (χ0) is 19.2. The third kappa shape index (κ3) is 4.52. The Bertz CT molecular complexity index is 839. The molecule has 144 valence electrons. The summed E-state index contributed by atoms with van der Waals surface area (Å²) in [4.78, 5) is 2.22. The zero-order valence-corrected chi connectivity index (χ0v) is 16.4. The number of rotatable bonds is 8. The first-order valence-electron chi connectivity index (χ1n) is 9.15. The smallest absolute Gasteiger partial charge is 0.126 e. The van der Waals surface area contributed by atoms with E-state index in [1.807, 2.05) is 32.4 Å². The fraction of sp³-hybridized carbons (Fsp3) is 0.381. The molecule has 0 amide bonds. The highest BCUT2D eigenvalue weighted by Crippen LogP contribution is 2.32. The topological polar surface area (TPSA) is 48.8 Å². The van der Waals surface area contributed by atoms with Gasteiger partial charge in [-0.2, -0.15) is 5.10 Å². The molecule has 1 aliphatic rings. The van der Waals surface area contributed by atoms with Crippen LogP contribution in [0.5, 0.6) is 5.75 Å². The second-order valence-electron chi connectivity index (χ2n) is 6.39. The molecule has 27 heavy (non-hydrogen) atoms. The number of allylic oxidation sites excluding steroid dienone is 1. The van der Waals surface area contributed by atoms with Crippen LogP contribution in [0.2, 0.25) is 0 Å². The number of aromatic nitrogens is 2. The molecule has 1 aliphatic heterocycles. The zero-order valence-electron chi connectivity index (χ0n) is 16.4. The van der Waals surface area contributed by atoms with Crippen molar-refractivity contribution in [2.24, 2.45) is 7.05 Å². The minimum atomic E-state index is 0.516. The number of nitrogens with zero attached hydrogens (tertiary/aromatic N) is 3. The van der Waals surface area contributed by atoms with Gasteiger partial charge in [0.25, 0.3) is 0 Å². The van der Waals surface area contributed by atoms with E-state index in [4.69, 9.17) is 14.2 Å². The number of methoxy groups -OCH3 is 1. The highest BCUT2D eigenvalue weighted by atomic mass is 16.5. The summed E-state index contributed by atoms with van der Waals surface area (Å²) < 4.78 is 18.5. The standard InChI is InChI=1S/C21H27N3O3/c1-5-26-18-6-7-20(16(2)12-18)24-9-8-21(27-11-10-25-4)19(15-24)17-13-22-23(3)14-17/h6-8,12-15H,5,9-11H2,1-4H3. The molecule has 6 heteroatoms. The summed E-state index contributed by atoms with van der Waals surface area (Å²) >= 11 is 0. The number of hydrogen-bond acceptors (Lipinski definition) is 5. The normalized spacial score (nSPS) is 14.0. The van der Waals surface area contributed by atoms with Crippen molar-refractivity contribution >= 4 is 11.3 Å². The van der Waals surface area contributed by atoms with Crippen molar-refractivity contribution in [2.75, 3.05) is 38.4 Å². The van der Waals surface area contributed by atoms with Gasteiger partial charge in [0.15, 0.2) is 0 Å². The molecule has 0 N–H and O–H groups in total. The molecule has 0 bridgehead atoms. The second kappa shape index (κ2) is 8.77. The van der Waals surface area contributed by atoms with Crippen molar-refractivity contribution < 1.29 is 14.2 Å². The summed E-state index contributed by atoms with van der Waals surface area (Å²) in [7, 11) is 3.59. The predicted molar refractivity (Wildman–Crippen MR) is 107 cm³/mol. The molecule has 0 fully saturated rings. The lowest BCUT2D eigenvalue weighted by atomic mass is 10.0. The van der Waals surface area contributed by atoms with E-state index in [2.05, 4.69) is 41.3 Å². The Morgan fingerprint density at radius 1 is 1.19 bits per heavy atom. The van der Waals surface area contributed by atoms with Gasteiger partial charge in [0.2, 0.25) is 0 Å². The van der Waals surface area contributed by atoms with Gasteiger partial charge < -0.3 is 19.1 Å². The van der Waals surface area contributed by atoms with Gasteiger partial charge in [-0.05, 0) is 43.7 Å². The van der Waals surface area contributed by atoms with Crippen LogP contribution in [-0.4, -0.2) is 43.3 Å². The van der Waals surface area contributed by atoms with E-state index >= 15 is 0 Å². The fourth-order valence-corrected chi connectivity index (χ4v) is 3.09. The summed E-state index contributed by atoms with van der Waals surface area (Å²) in [5, 5.41) is 4.30. The van der Waals surface area contributed by atoms with Crippen molar-refractivity contribution in [1.82, 2.24) is 9.78 Å². The molecule has 2 heterocycles. The first-order chi connectivity index (χ1) is 13.1. The maximum absolute atomic E-state index is 5.95. The first-order valence-corrected chi connectivity index (χ1v) is 9.15. The molecule has 0 aliphatic carbocycles. The van der Waals surface area contributed by atoms with Crippen molar-refractivity contribution in [1.29, 1.82) is 0 Å². The minimum absolute atomic E-state index is 0.516. The van der Waals surface area contributed by atoms with Crippen molar-refractivity contribution in [3.8, 4) is 5.75 Å². The Labute approximate surface area is 160 Å². The summed E-state index contributed by atoms with van der Waals surface area (Å²) in [6.07, 6.45) is 8.08. The van der Waals surface area contributed by atoms with Gasteiger partial charge in [-0.3, -0.25) is 4.68 Å². The molecule has 2 aromatic rings. The molecule has 0 spiro atoms. The molecule has 0 radical (unpaired) electrons. The number of anilines is 1. The van der Waals surface area contributed by atoms with Gasteiger partial charge in [0.05, 0.1) is 19.4 Å². The van der Waals surface area contributed by atoms with Gasteiger partial charge in [0, 0.05) is 49.9 Å². The highest BCUT2D eigenvalue weighted by Gasteiger charge is 2.19. The van der Waals surface area contributed by atoms with Crippen molar-refractivity contribution in [2.45, 2.75) is 13.8 Å². The monoisotopic (exact) mass is 369 g/mol. The SMILES string of the molecule is CCOc1ccc(N2C=C(c3cnn(C)c3)C(OCCOC)=CC2)c(C)c1. The van der Waals surface area contributed by atoms with E-state index in [1.165, 1.54) is 5.56 Å². The average Bonchev–Trinajstić information content (AvgIpc) is 3.09. The van der Waals surface area contributed by atoms with Crippen LogP contribution in [-0.2, 0) is 16.5 Å². The lowest BCUT2D eigenvalue weighted by molar-refractivity contribution is 0.115. The van der Waals surface area contributed by atoms with Crippen molar-refractivity contribution in [3.05, 3.63) is 59.8 Å². The molecule has 0 saturated heterocycles. The lowest BCUT2D eigenvalue weighted by Crippen LogP contribution is -2.22. The molecular formula is C21H27N3O3. The van der Waals surface area contributed by atoms with Crippen LogP contribution in [0, 0.1) is 6.92 Å². The average molecular weight is 369 g/mol. The van der Waals surface area contributed by atoms with Gasteiger partial charge in [-0.15, -0.1) is 0 Å². The molecule has 0 saturated carbocycles. The lowest BCUT2D eigenvalue weighted by Gasteiger charge is -2.28. The first kappa shape index (κ1) is 19.0. The van der Waals surface area contributed by atoms with Gasteiger partial charge in [-0.25, -0.2) is 0 Å². The van der Waals surface area contributed by atoms with E-state index in [9.17, 15) is 0 Å². The van der Waals surface area contributed by atoms with Crippen LogP contribution >= 0.6 is 0 Å². The molecule has 1 aromatic heterocycles. The summed E-state index contributed by atoms with van der Waals surface area (Å²) in [5.41, 5.74) is 4.35. The Hall–Kier alpha value is -2.73. The largest absolute Gasteiger partial charge is 0.494 e. The number of ether oxygens (including phenoxy) is 3. The van der Waals surface area contributed by atoms with E-state index in [1.54, 1.807) is 11.8 Å². The molecule has 3 rings (SSSR count). The van der Waals surface area contributed by atoms with Gasteiger partial charge >= 0.3 is 0 Å². The summed E-state index contributed by atoms with van der Waals surface area (Å²) in [5.74, 6) is 1.76. The number of aryl methyl sites for hydroxylation is 2. The van der Waals surface area contributed by atoms with Crippen LogP contribution in [0.3, 0.4) is 0 Å². The summed E-state index contributed by atoms with van der Waals surface area (Å²) in [6.45, 7) is 6.57.